The zero-order chi connectivity index (χ0) is 16.2. The van der Waals surface area contributed by atoms with E-state index in [0.717, 1.165) is 22.7 Å². The van der Waals surface area contributed by atoms with Gasteiger partial charge in [0.25, 0.3) is 0 Å². The largest absolute Gasteiger partial charge is 0.345 e. The summed E-state index contributed by atoms with van der Waals surface area (Å²) in [7, 11) is 0. The van der Waals surface area contributed by atoms with E-state index in [1.54, 1.807) is 33.6 Å². The molecule has 3 rings (SSSR count). The summed E-state index contributed by atoms with van der Waals surface area (Å²) in [6.07, 6.45) is 4.36. The summed E-state index contributed by atoms with van der Waals surface area (Å²) in [6.45, 7) is 4.15. The van der Waals surface area contributed by atoms with E-state index in [2.05, 4.69) is 26.8 Å². The molecule has 120 valence electrons. The minimum absolute atomic E-state index is 0.0545. The van der Waals surface area contributed by atoms with Gasteiger partial charge in [0.1, 0.15) is 11.6 Å². The van der Waals surface area contributed by atoms with Crippen LogP contribution in [0, 0.1) is 13.8 Å². The second kappa shape index (κ2) is 7.06. The number of amides is 1. The zero-order valence-corrected chi connectivity index (χ0v) is 14.7. The molecule has 1 unspecified atom stereocenters. The lowest BCUT2D eigenvalue weighted by Gasteiger charge is -2.16. The number of rotatable bonds is 6. The highest BCUT2D eigenvalue weighted by molar-refractivity contribution is 7.09. The molecule has 1 amide bonds. The number of hydrogen-bond donors (Lipinski definition) is 1. The molecule has 0 aliphatic carbocycles. The average molecular weight is 346 g/mol. The van der Waals surface area contributed by atoms with E-state index >= 15 is 0 Å². The molecule has 0 saturated carbocycles. The fourth-order valence-electron chi connectivity index (χ4n) is 2.32. The van der Waals surface area contributed by atoms with Crippen molar-refractivity contribution in [3.05, 3.63) is 56.4 Å². The van der Waals surface area contributed by atoms with E-state index in [-0.39, 0.29) is 18.5 Å². The molecule has 0 spiro atoms. The van der Waals surface area contributed by atoms with Crippen LogP contribution in [0.3, 0.4) is 0 Å². The third-order valence-electron chi connectivity index (χ3n) is 3.36. The summed E-state index contributed by atoms with van der Waals surface area (Å²) >= 11 is 3.25. The molecule has 0 saturated heterocycles. The Kier molecular flexibility index (Phi) is 4.88. The second-order valence-electron chi connectivity index (χ2n) is 5.50. The van der Waals surface area contributed by atoms with Crippen molar-refractivity contribution in [3.8, 4) is 0 Å². The Labute approximate surface area is 143 Å². The Hall–Kier alpha value is -1.99. The van der Waals surface area contributed by atoms with Crippen LogP contribution in [-0.4, -0.2) is 20.7 Å². The zero-order valence-electron chi connectivity index (χ0n) is 13.0. The number of nitrogens with one attached hydrogen (secondary N) is 1. The molecule has 3 heterocycles. The van der Waals surface area contributed by atoms with Gasteiger partial charge in [0.2, 0.25) is 5.91 Å². The van der Waals surface area contributed by atoms with Crippen LogP contribution >= 0.6 is 22.7 Å². The maximum Gasteiger partial charge on any atom is 0.242 e. The lowest BCUT2D eigenvalue weighted by atomic mass is 10.1. The molecule has 3 aromatic heterocycles. The van der Waals surface area contributed by atoms with Gasteiger partial charge in [-0.3, -0.25) is 9.48 Å². The highest BCUT2D eigenvalue weighted by atomic mass is 32.1. The highest BCUT2D eigenvalue weighted by Crippen LogP contribution is 2.23. The predicted octanol–water partition coefficient (Wildman–Crippen LogP) is 3.12. The molecule has 23 heavy (non-hydrogen) atoms. The molecule has 0 aliphatic rings. The van der Waals surface area contributed by atoms with Crippen LogP contribution in [0.5, 0.6) is 0 Å². The van der Waals surface area contributed by atoms with Crippen LogP contribution in [0.4, 0.5) is 0 Å². The van der Waals surface area contributed by atoms with Crippen molar-refractivity contribution >= 4 is 28.6 Å². The van der Waals surface area contributed by atoms with Crippen molar-refractivity contribution in [2.24, 2.45) is 0 Å². The van der Waals surface area contributed by atoms with Crippen LogP contribution < -0.4 is 5.32 Å². The van der Waals surface area contributed by atoms with Crippen LogP contribution in [-0.2, 0) is 17.8 Å². The van der Waals surface area contributed by atoms with Gasteiger partial charge in [-0.15, -0.1) is 11.3 Å². The first kappa shape index (κ1) is 15.9. The first-order valence-corrected chi connectivity index (χ1v) is 9.14. The summed E-state index contributed by atoms with van der Waals surface area (Å²) in [6, 6.07) is 1.98. The smallest absolute Gasteiger partial charge is 0.242 e. The highest BCUT2D eigenvalue weighted by Gasteiger charge is 2.19. The normalized spacial score (nSPS) is 12.3. The van der Waals surface area contributed by atoms with E-state index in [4.69, 9.17) is 0 Å². The maximum absolute atomic E-state index is 12.3. The molecule has 0 radical (unpaired) electrons. The van der Waals surface area contributed by atoms with Crippen molar-refractivity contribution in [1.82, 2.24) is 20.1 Å². The lowest BCUT2D eigenvalue weighted by molar-refractivity contribution is -0.122. The predicted molar refractivity (Wildman–Crippen MR) is 92.7 cm³/mol. The molecule has 5 nitrogen and oxygen atoms in total. The summed E-state index contributed by atoms with van der Waals surface area (Å²) < 4.78 is 1.65. The number of carbonyl (C=O) groups excluding carboxylic acids is 1. The molecule has 0 bridgehead atoms. The van der Waals surface area contributed by atoms with Crippen LogP contribution in [0.1, 0.15) is 27.9 Å². The van der Waals surface area contributed by atoms with Crippen molar-refractivity contribution < 1.29 is 4.79 Å². The Bertz CT molecular complexity index is 776. The Morgan fingerprint density at radius 2 is 2.26 bits per heavy atom. The SMILES string of the molecule is Cc1cnn(CC(=O)NC(Cc2ccsc2)c2nc(C)cs2)c1. The number of aryl methyl sites for hydroxylation is 2. The molecule has 0 aliphatic heterocycles. The maximum atomic E-state index is 12.3. The fourth-order valence-corrected chi connectivity index (χ4v) is 3.85. The summed E-state index contributed by atoms with van der Waals surface area (Å²) in [5.41, 5.74) is 3.24. The summed E-state index contributed by atoms with van der Waals surface area (Å²) in [4.78, 5) is 16.9. The van der Waals surface area contributed by atoms with Crippen molar-refractivity contribution in [1.29, 1.82) is 0 Å². The molecule has 1 atom stereocenters. The van der Waals surface area contributed by atoms with E-state index in [1.165, 1.54) is 5.56 Å². The van der Waals surface area contributed by atoms with Gasteiger partial charge in [-0.1, -0.05) is 0 Å². The number of nitrogens with zero attached hydrogens (tertiary/aromatic N) is 3. The Morgan fingerprint density at radius 3 is 2.87 bits per heavy atom. The van der Waals surface area contributed by atoms with E-state index in [0.29, 0.717) is 0 Å². The van der Waals surface area contributed by atoms with Crippen LogP contribution in [0.15, 0.2) is 34.6 Å². The molecule has 1 N–H and O–H groups in total. The first-order chi connectivity index (χ1) is 11.1. The molecular weight excluding hydrogens is 328 g/mol. The van der Waals surface area contributed by atoms with Crippen molar-refractivity contribution in [2.75, 3.05) is 0 Å². The molecule has 7 heteroatoms. The van der Waals surface area contributed by atoms with Gasteiger partial charge in [0, 0.05) is 23.7 Å². The lowest BCUT2D eigenvalue weighted by Crippen LogP contribution is -2.32. The minimum Gasteiger partial charge on any atom is -0.345 e. The van der Waals surface area contributed by atoms with E-state index < -0.39 is 0 Å². The Balaban J connectivity index is 1.71. The topological polar surface area (TPSA) is 59.8 Å². The fraction of sp³-hybridized carbons (Fsp3) is 0.312. The van der Waals surface area contributed by atoms with Crippen molar-refractivity contribution in [2.45, 2.75) is 32.9 Å². The van der Waals surface area contributed by atoms with Gasteiger partial charge >= 0.3 is 0 Å². The number of hydrogen-bond acceptors (Lipinski definition) is 5. The number of thiophene rings is 1. The number of thiazole rings is 1. The average Bonchev–Trinajstić information content (AvgIpc) is 3.22. The van der Waals surface area contributed by atoms with Gasteiger partial charge in [-0.25, -0.2) is 4.98 Å². The van der Waals surface area contributed by atoms with Gasteiger partial charge < -0.3 is 5.32 Å². The summed E-state index contributed by atoms with van der Waals surface area (Å²) in [5, 5.41) is 14.4. The minimum atomic E-state index is -0.104. The van der Waals surface area contributed by atoms with Gasteiger partial charge in [-0.2, -0.15) is 16.4 Å². The number of aromatic nitrogens is 3. The van der Waals surface area contributed by atoms with Gasteiger partial charge in [-0.05, 0) is 41.8 Å². The standard InChI is InChI=1S/C16H18N4OS2/c1-11-6-17-20(7-11)8-15(21)19-14(5-13-3-4-22-10-13)16-18-12(2)9-23-16/h3-4,6-7,9-10,14H,5,8H2,1-2H3,(H,19,21). The number of carbonyl (C=O) groups is 1. The van der Waals surface area contributed by atoms with Crippen LogP contribution in [0.25, 0.3) is 0 Å². The summed E-state index contributed by atoms with van der Waals surface area (Å²) in [5.74, 6) is -0.0545. The van der Waals surface area contributed by atoms with Crippen LogP contribution in [0.2, 0.25) is 0 Å². The van der Waals surface area contributed by atoms with Gasteiger partial charge in [0.05, 0.1) is 12.2 Å². The molecule has 0 aromatic carbocycles. The third kappa shape index (κ3) is 4.27. The quantitative estimate of drug-likeness (QED) is 0.746. The molecule has 3 aromatic rings. The Morgan fingerprint density at radius 1 is 1.39 bits per heavy atom. The monoisotopic (exact) mass is 346 g/mol. The van der Waals surface area contributed by atoms with E-state index in [9.17, 15) is 4.79 Å². The third-order valence-corrected chi connectivity index (χ3v) is 5.17. The van der Waals surface area contributed by atoms with E-state index in [1.807, 2.05) is 30.8 Å². The molecular formula is C16H18N4OS2. The first-order valence-electron chi connectivity index (χ1n) is 7.31. The molecule has 0 fully saturated rings. The second-order valence-corrected chi connectivity index (χ2v) is 7.17. The van der Waals surface area contributed by atoms with Crippen molar-refractivity contribution in [3.63, 3.8) is 0 Å². The van der Waals surface area contributed by atoms with Gasteiger partial charge in [0.15, 0.2) is 0 Å².